The highest BCUT2D eigenvalue weighted by Crippen LogP contribution is 2.43. The maximum Gasteiger partial charge on any atom is 0.230 e. The molecule has 0 aromatic heterocycles. The van der Waals surface area contributed by atoms with Crippen molar-refractivity contribution in [3.8, 4) is 23.0 Å². The van der Waals surface area contributed by atoms with Crippen LogP contribution >= 0.6 is 11.6 Å². The van der Waals surface area contributed by atoms with E-state index in [1.165, 1.54) is 14.2 Å². The smallest absolute Gasteiger partial charge is 0.230 e. The largest absolute Gasteiger partial charge is 0.497 e. The van der Waals surface area contributed by atoms with E-state index in [9.17, 15) is 9.59 Å². The summed E-state index contributed by atoms with van der Waals surface area (Å²) < 4.78 is 21.2. The molecular formula is C27H27ClN2O6. The van der Waals surface area contributed by atoms with Crippen molar-refractivity contribution in [3.63, 3.8) is 0 Å². The maximum absolute atomic E-state index is 13.6. The number of hydrogen-bond donors (Lipinski definition) is 1. The molecule has 36 heavy (non-hydrogen) atoms. The summed E-state index contributed by atoms with van der Waals surface area (Å²) in [6, 6.07) is 17.2. The van der Waals surface area contributed by atoms with Crippen molar-refractivity contribution >= 4 is 34.8 Å². The molecule has 1 fully saturated rings. The summed E-state index contributed by atoms with van der Waals surface area (Å²) in [6.07, 6.45) is 0.0285. The molecule has 2 amide bonds. The number of amides is 2. The van der Waals surface area contributed by atoms with E-state index in [2.05, 4.69) is 5.32 Å². The predicted molar refractivity (Wildman–Crippen MR) is 138 cm³/mol. The fourth-order valence-corrected chi connectivity index (χ4v) is 4.62. The number of ether oxygens (including phenoxy) is 4. The van der Waals surface area contributed by atoms with Gasteiger partial charge in [0.05, 0.1) is 51.1 Å². The van der Waals surface area contributed by atoms with Crippen molar-refractivity contribution in [3.05, 3.63) is 71.2 Å². The van der Waals surface area contributed by atoms with E-state index in [0.717, 1.165) is 5.56 Å². The van der Waals surface area contributed by atoms with E-state index in [1.54, 1.807) is 55.5 Å². The Hall–Kier alpha value is -3.91. The Morgan fingerprint density at radius 2 is 1.44 bits per heavy atom. The SMILES string of the molecule is COc1ccc([C@H]2[C@H](C(=O)Nc3cc(Cl)c(OC)cc3OC)CC(=O)N2c2ccc(OC)cc2)cc1. The van der Waals surface area contributed by atoms with Crippen LogP contribution < -0.4 is 29.2 Å². The van der Waals surface area contributed by atoms with E-state index >= 15 is 0 Å². The Morgan fingerprint density at radius 3 is 2.00 bits per heavy atom. The molecule has 1 saturated heterocycles. The number of halogens is 1. The first-order valence-electron chi connectivity index (χ1n) is 11.2. The highest BCUT2D eigenvalue weighted by Gasteiger charge is 2.45. The molecule has 3 aromatic rings. The van der Waals surface area contributed by atoms with Gasteiger partial charge in [0.15, 0.2) is 0 Å². The summed E-state index contributed by atoms with van der Waals surface area (Å²) in [5.74, 6) is 0.979. The second-order valence-electron chi connectivity index (χ2n) is 8.17. The first-order chi connectivity index (χ1) is 17.4. The van der Waals surface area contributed by atoms with Gasteiger partial charge >= 0.3 is 0 Å². The van der Waals surface area contributed by atoms with Gasteiger partial charge in [0.2, 0.25) is 11.8 Å². The average Bonchev–Trinajstić information content (AvgIpc) is 3.26. The van der Waals surface area contributed by atoms with Gasteiger partial charge in [0.1, 0.15) is 23.0 Å². The molecule has 8 nitrogen and oxygen atoms in total. The number of nitrogens with one attached hydrogen (secondary N) is 1. The maximum atomic E-state index is 13.6. The van der Waals surface area contributed by atoms with Crippen molar-refractivity contribution < 1.29 is 28.5 Å². The predicted octanol–water partition coefficient (Wildman–Crippen LogP) is 5.11. The van der Waals surface area contributed by atoms with Gasteiger partial charge in [-0.25, -0.2) is 0 Å². The van der Waals surface area contributed by atoms with Crippen LogP contribution in [0.4, 0.5) is 11.4 Å². The van der Waals surface area contributed by atoms with E-state index in [-0.39, 0.29) is 18.2 Å². The van der Waals surface area contributed by atoms with Gasteiger partial charge in [-0.15, -0.1) is 0 Å². The van der Waals surface area contributed by atoms with E-state index in [1.807, 2.05) is 24.3 Å². The van der Waals surface area contributed by atoms with Crippen LogP contribution in [0.2, 0.25) is 5.02 Å². The molecule has 0 bridgehead atoms. The molecule has 1 N–H and O–H groups in total. The molecule has 0 aliphatic carbocycles. The second kappa shape index (κ2) is 10.8. The number of hydrogen-bond acceptors (Lipinski definition) is 6. The summed E-state index contributed by atoms with van der Waals surface area (Å²) in [5.41, 5.74) is 1.86. The minimum Gasteiger partial charge on any atom is -0.497 e. The lowest BCUT2D eigenvalue weighted by Gasteiger charge is -2.29. The van der Waals surface area contributed by atoms with Gasteiger partial charge in [0.25, 0.3) is 0 Å². The Labute approximate surface area is 214 Å². The van der Waals surface area contributed by atoms with E-state index < -0.39 is 12.0 Å². The topological polar surface area (TPSA) is 86.3 Å². The molecule has 0 radical (unpaired) electrons. The zero-order chi connectivity index (χ0) is 25.8. The molecule has 0 unspecified atom stereocenters. The van der Waals surface area contributed by atoms with Gasteiger partial charge in [-0.3, -0.25) is 9.59 Å². The zero-order valence-corrected chi connectivity index (χ0v) is 21.2. The van der Waals surface area contributed by atoms with E-state index in [4.69, 9.17) is 30.5 Å². The Balaban J connectivity index is 1.71. The third-order valence-corrected chi connectivity index (χ3v) is 6.49. The van der Waals surface area contributed by atoms with Crippen molar-refractivity contribution in [2.75, 3.05) is 38.7 Å². The fourth-order valence-electron chi connectivity index (χ4n) is 4.38. The van der Waals surface area contributed by atoms with Gasteiger partial charge in [0, 0.05) is 18.2 Å². The monoisotopic (exact) mass is 510 g/mol. The molecule has 3 aromatic carbocycles. The molecule has 1 aliphatic rings. The lowest BCUT2D eigenvalue weighted by atomic mass is 9.92. The van der Waals surface area contributed by atoms with Crippen LogP contribution in [-0.2, 0) is 9.59 Å². The fraction of sp³-hybridized carbons (Fsp3) is 0.259. The van der Waals surface area contributed by atoms with E-state index in [0.29, 0.717) is 39.4 Å². The molecule has 4 rings (SSSR count). The molecule has 0 saturated carbocycles. The van der Waals surface area contributed by atoms with Gasteiger partial charge in [-0.1, -0.05) is 23.7 Å². The van der Waals surface area contributed by atoms with Crippen molar-refractivity contribution in [1.82, 2.24) is 0 Å². The number of anilines is 2. The van der Waals surface area contributed by atoms with Crippen LogP contribution in [0.3, 0.4) is 0 Å². The molecule has 0 spiro atoms. The molecule has 2 atom stereocenters. The Morgan fingerprint density at radius 1 is 0.861 bits per heavy atom. The highest BCUT2D eigenvalue weighted by molar-refractivity contribution is 6.32. The summed E-state index contributed by atoms with van der Waals surface area (Å²) in [6.45, 7) is 0. The Bertz CT molecular complexity index is 1250. The van der Waals surface area contributed by atoms with Gasteiger partial charge in [-0.2, -0.15) is 0 Å². The molecule has 9 heteroatoms. The van der Waals surface area contributed by atoms with Crippen LogP contribution in [0.15, 0.2) is 60.7 Å². The molecule has 1 heterocycles. The number of rotatable bonds is 8. The third-order valence-electron chi connectivity index (χ3n) is 6.20. The van der Waals surface area contributed by atoms with Crippen molar-refractivity contribution in [2.45, 2.75) is 12.5 Å². The Kier molecular flexibility index (Phi) is 7.55. The first-order valence-corrected chi connectivity index (χ1v) is 11.6. The lowest BCUT2D eigenvalue weighted by Crippen LogP contribution is -2.32. The number of methoxy groups -OCH3 is 4. The minimum atomic E-state index is -0.682. The molecular weight excluding hydrogens is 484 g/mol. The van der Waals surface area contributed by atoms with Gasteiger partial charge < -0.3 is 29.2 Å². The van der Waals surface area contributed by atoms with Crippen LogP contribution in [0.5, 0.6) is 23.0 Å². The van der Waals surface area contributed by atoms with Crippen LogP contribution in [0.1, 0.15) is 18.0 Å². The van der Waals surface area contributed by atoms with Crippen molar-refractivity contribution in [1.29, 1.82) is 0 Å². The summed E-state index contributed by atoms with van der Waals surface area (Å²) >= 11 is 6.29. The summed E-state index contributed by atoms with van der Waals surface area (Å²) in [5, 5.41) is 3.22. The first kappa shape index (κ1) is 25.2. The van der Waals surface area contributed by atoms with Crippen LogP contribution in [-0.4, -0.2) is 40.3 Å². The number of carbonyl (C=O) groups excluding carboxylic acids is 2. The molecule has 1 aliphatic heterocycles. The standard InChI is InChI=1S/C27H27ClN2O6/c1-33-18-9-5-16(6-10-18)26-20(13-25(31)30(26)17-7-11-19(34-2)12-8-17)27(32)29-22-14-21(28)23(35-3)15-24(22)36-4/h5-12,14-15,20,26H,13H2,1-4H3,(H,29,32)/t20-,26+/m1/s1. The van der Waals surface area contributed by atoms with Crippen LogP contribution in [0, 0.1) is 5.92 Å². The van der Waals surface area contributed by atoms with Crippen molar-refractivity contribution in [2.24, 2.45) is 5.92 Å². The highest BCUT2D eigenvalue weighted by atomic mass is 35.5. The third kappa shape index (κ3) is 4.90. The number of carbonyl (C=O) groups is 2. The summed E-state index contributed by atoms with van der Waals surface area (Å²) in [4.78, 5) is 28.6. The van der Waals surface area contributed by atoms with Crippen LogP contribution in [0.25, 0.3) is 0 Å². The normalized spacial score (nSPS) is 17.0. The number of benzene rings is 3. The minimum absolute atomic E-state index is 0.0285. The lowest BCUT2D eigenvalue weighted by molar-refractivity contribution is -0.122. The average molecular weight is 511 g/mol. The number of nitrogens with zero attached hydrogens (tertiary/aromatic N) is 1. The zero-order valence-electron chi connectivity index (χ0n) is 20.4. The quantitative estimate of drug-likeness (QED) is 0.453. The van der Waals surface area contributed by atoms with Gasteiger partial charge in [-0.05, 0) is 48.0 Å². The second-order valence-corrected chi connectivity index (χ2v) is 8.57. The molecule has 188 valence electrons. The summed E-state index contributed by atoms with van der Waals surface area (Å²) in [7, 11) is 6.15.